The Hall–Kier alpha value is -2.01. The van der Waals surface area contributed by atoms with Gasteiger partial charge in [0.05, 0.1) is 24.4 Å². The number of methoxy groups -OCH3 is 1. The van der Waals surface area contributed by atoms with Gasteiger partial charge < -0.3 is 14.8 Å². The summed E-state index contributed by atoms with van der Waals surface area (Å²) in [6, 6.07) is 6.33. The molecular formula is C19H23ClN2O3. The zero-order valence-electron chi connectivity index (χ0n) is 14.5. The molecule has 0 amide bonds. The highest BCUT2D eigenvalue weighted by molar-refractivity contribution is 6.24. The number of hydrogen-bond acceptors (Lipinski definition) is 5. The second-order valence-corrected chi connectivity index (χ2v) is 6.83. The quantitative estimate of drug-likeness (QED) is 0.613. The average Bonchev–Trinajstić information content (AvgIpc) is 2.61. The minimum Gasteiger partial charge on any atom is -0.497 e. The van der Waals surface area contributed by atoms with Crippen LogP contribution in [0.5, 0.6) is 5.75 Å². The van der Waals surface area contributed by atoms with E-state index in [0.29, 0.717) is 17.7 Å². The molecule has 5 nitrogen and oxygen atoms in total. The van der Waals surface area contributed by atoms with Gasteiger partial charge in [0.25, 0.3) is 0 Å². The van der Waals surface area contributed by atoms with E-state index in [0.717, 1.165) is 37.3 Å². The monoisotopic (exact) mass is 362 g/mol. The van der Waals surface area contributed by atoms with Gasteiger partial charge >= 0.3 is 0 Å². The Kier molecular flexibility index (Phi) is 4.78. The molecule has 0 saturated carbocycles. The molecule has 1 aliphatic carbocycles. The second kappa shape index (κ2) is 6.71. The predicted octanol–water partition coefficient (Wildman–Crippen LogP) is 3.50. The third-order valence-corrected chi connectivity index (χ3v) is 5.63. The molecule has 0 saturated heterocycles. The van der Waals surface area contributed by atoms with Gasteiger partial charge in [-0.1, -0.05) is 18.1 Å². The molecule has 0 bridgehead atoms. The summed E-state index contributed by atoms with van der Waals surface area (Å²) in [6.45, 7) is 2.94. The molecule has 1 aromatic carbocycles. The van der Waals surface area contributed by atoms with Crippen molar-refractivity contribution < 1.29 is 14.7 Å². The molecule has 25 heavy (non-hydrogen) atoms. The van der Waals surface area contributed by atoms with Crippen LogP contribution in [0.3, 0.4) is 0 Å². The van der Waals surface area contributed by atoms with Crippen LogP contribution in [0.15, 0.2) is 34.6 Å². The summed E-state index contributed by atoms with van der Waals surface area (Å²) in [4.78, 5) is 14.8. The zero-order valence-corrected chi connectivity index (χ0v) is 15.3. The van der Waals surface area contributed by atoms with Gasteiger partial charge in [-0.25, -0.2) is 0 Å². The summed E-state index contributed by atoms with van der Waals surface area (Å²) in [5.41, 5.74) is 4.83. The number of halogens is 1. The SMILES string of the molecule is COc1ccc2c(c1)CCN1C3=C(C(=O)CCC3)/C(=N/O)[C@H](C)C21.Cl. The molecule has 0 fully saturated rings. The minimum atomic E-state index is -0.0248. The number of hydrogen-bond donors (Lipinski definition) is 1. The molecule has 0 spiro atoms. The van der Waals surface area contributed by atoms with Gasteiger partial charge in [0, 0.05) is 24.6 Å². The summed E-state index contributed by atoms with van der Waals surface area (Å²) < 4.78 is 5.35. The molecule has 2 aliphatic heterocycles. The molecule has 1 N–H and O–H groups in total. The highest BCUT2D eigenvalue weighted by Crippen LogP contribution is 2.46. The van der Waals surface area contributed by atoms with E-state index in [1.807, 2.05) is 6.07 Å². The van der Waals surface area contributed by atoms with Gasteiger partial charge in [-0.05, 0) is 42.5 Å². The van der Waals surface area contributed by atoms with E-state index in [1.54, 1.807) is 7.11 Å². The Morgan fingerprint density at radius 1 is 1.28 bits per heavy atom. The minimum absolute atomic E-state index is 0. The van der Waals surface area contributed by atoms with Crippen LogP contribution in [0.2, 0.25) is 0 Å². The standard InChI is InChI=1S/C19H22N2O3.ClH/c1-11-18(20-23)17-15(4-3-5-16(17)22)21-9-8-12-10-13(24-2)6-7-14(12)19(11)21;/h6-7,10-11,19,23H,3-5,8-9H2,1-2H3;1H/b20-18+;/t11-,19?;/m0./s1. The van der Waals surface area contributed by atoms with E-state index in [2.05, 4.69) is 29.1 Å². The maximum Gasteiger partial charge on any atom is 0.166 e. The lowest BCUT2D eigenvalue weighted by Gasteiger charge is -2.48. The Morgan fingerprint density at radius 3 is 2.80 bits per heavy atom. The Labute approximate surface area is 153 Å². The summed E-state index contributed by atoms with van der Waals surface area (Å²) in [5.74, 6) is 0.965. The molecule has 1 unspecified atom stereocenters. The number of allylic oxidation sites excluding steroid dienone is 2. The number of fused-ring (bicyclic) bond motifs is 4. The lowest BCUT2D eigenvalue weighted by Crippen LogP contribution is -2.47. The first-order valence-corrected chi connectivity index (χ1v) is 8.57. The van der Waals surface area contributed by atoms with Crippen LogP contribution in [0, 0.1) is 5.92 Å². The van der Waals surface area contributed by atoms with Crippen molar-refractivity contribution in [2.24, 2.45) is 11.1 Å². The van der Waals surface area contributed by atoms with Crippen molar-refractivity contribution >= 4 is 23.9 Å². The predicted molar refractivity (Wildman–Crippen MR) is 97.7 cm³/mol. The van der Waals surface area contributed by atoms with Gasteiger partial charge in [-0.15, -0.1) is 12.4 Å². The Balaban J connectivity index is 0.00000182. The molecule has 2 atom stereocenters. The van der Waals surface area contributed by atoms with Crippen molar-refractivity contribution in [2.45, 2.75) is 38.6 Å². The molecule has 0 aromatic heterocycles. The van der Waals surface area contributed by atoms with Crippen molar-refractivity contribution in [1.82, 2.24) is 4.90 Å². The Bertz CT molecular complexity index is 772. The highest BCUT2D eigenvalue weighted by Gasteiger charge is 2.44. The van der Waals surface area contributed by atoms with Crippen LogP contribution < -0.4 is 4.74 Å². The molecule has 6 heteroatoms. The first-order chi connectivity index (χ1) is 11.7. The number of carbonyl (C=O) groups excluding carboxylic acids is 1. The van der Waals surface area contributed by atoms with E-state index < -0.39 is 0 Å². The van der Waals surface area contributed by atoms with E-state index in [1.165, 1.54) is 11.1 Å². The molecule has 0 radical (unpaired) electrons. The lowest BCUT2D eigenvalue weighted by molar-refractivity contribution is -0.116. The van der Waals surface area contributed by atoms with E-state index >= 15 is 0 Å². The summed E-state index contributed by atoms with van der Waals surface area (Å²) in [5, 5.41) is 13.1. The van der Waals surface area contributed by atoms with Crippen LogP contribution >= 0.6 is 12.4 Å². The molecule has 4 rings (SSSR count). The van der Waals surface area contributed by atoms with E-state index in [-0.39, 0.29) is 30.2 Å². The second-order valence-electron chi connectivity index (χ2n) is 6.83. The zero-order chi connectivity index (χ0) is 16.8. The fourth-order valence-electron chi connectivity index (χ4n) is 4.53. The van der Waals surface area contributed by atoms with Crippen molar-refractivity contribution in [3.63, 3.8) is 0 Å². The van der Waals surface area contributed by atoms with Crippen LogP contribution in [0.25, 0.3) is 0 Å². The number of nitrogens with zero attached hydrogens (tertiary/aromatic N) is 2. The number of ketones is 1. The lowest BCUT2D eigenvalue weighted by atomic mass is 9.74. The normalized spacial score (nSPS) is 26.6. The highest BCUT2D eigenvalue weighted by atomic mass is 35.5. The largest absolute Gasteiger partial charge is 0.497 e. The van der Waals surface area contributed by atoms with Gasteiger partial charge in [-0.2, -0.15) is 0 Å². The summed E-state index contributed by atoms with van der Waals surface area (Å²) in [6.07, 6.45) is 3.25. The van der Waals surface area contributed by atoms with Crippen molar-refractivity contribution in [3.8, 4) is 5.75 Å². The summed E-state index contributed by atoms with van der Waals surface area (Å²) in [7, 11) is 1.68. The summed E-state index contributed by atoms with van der Waals surface area (Å²) >= 11 is 0. The topological polar surface area (TPSA) is 62.1 Å². The van der Waals surface area contributed by atoms with Gasteiger partial charge in [0.15, 0.2) is 5.78 Å². The molecule has 1 aromatic rings. The third kappa shape index (κ3) is 2.61. The number of carbonyl (C=O) groups is 1. The molecule has 3 aliphatic rings. The van der Waals surface area contributed by atoms with E-state index in [4.69, 9.17) is 4.74 Å². The number of Topliss-reactive ketones (excluding diaryl/α,β-unsaturated/α-hetero) is 1. The fourth-order valence-corrected chi connectivity index (χ4v) is 4.53. The van der Waals surface area contributed by atoms with Gasteiger partial charge in [0.1, 0.15) is 5.75 Å². The van der Waals surface area contributed by atoms with Crippen LogP contribution in [-0.2, 0) is 11.2 Å². The number of rotatable bonds is 1. The maximum atomic E-state index is 12.5. The third-order valence-electron chi connectivity index (χ3n) is 5.63. The number of benzene rings is 1. The van der Waals surface area contributed by atoms with Gasteiger partial charge in [0.2, 0.25) is 0 Å². The maximum absolute atomic E-state index is 12.5. The smallest absolute Gasteiger partial charge is 0.166 e. The first kappa shape index (κ1) is 17.8. The molecule has 134 valence electrons. The van der Waals surface area contributed by atoms with Crippen LogP contribution in [0.1, 0.15) is 43.4 Å². The average molecular weight is 363 g/mol. The van der Waals surface area contributed by atoms with Crippen molar-refractivity contribution in [3.05, 3.63) is 40.6 Å². The van der Waals surface area contributed by atoms with Crippen molar-refractivity contribution in [1.29, 1.82) is 0 Å². The van der Waals surface area contributed by atoms with Gasteiger partial charge in [-0.3, -0.25) is 4.79 Å². The number of ether oxygens (including phenoxy) is 1. The fraction of sp³-hybridized carbons (Fsp3) is 0.474. The molecule has 2 heterocycles. The first-order valence-electron chi connectivity index (χ1n) is 8.57. The number of oxime groups is 1. The van der Waals surface area contributed by atoms with E-state index in [9.17, 15) is 10.0 Å². The van der Waals surface area contributed by atoms with Crippen LogP contribution in [-0.4, -0.2) is 35.3 Å². The molecular weight excluding hydrogens is 340 g/mol. The van der Waals surface area contributed by atoms with Crippen molar-refractivity contribution in [2.75, 3.05) is 13.7 Å². The Morgan fingerprint density at radius 2 is 2.08 bits per heavy atom. The van der Waals surface area contributed by atoms with Crippen LogP contribution in [0.4, 0.5) is 0 Å².